The maximum atomic E-state index is 12.6. The van der Waals surface area contributed by atoms with Crippen LogP contribution in [0.1, 0.15) is 23.0 Å². The van der Waals surface area contributed by atoms with E-state index in [1.165, 1.54) is 21.6 Å². The number of thiazole rings is 1. The number of amides is 1. The minimum Gasteiger partial charge on any atom is -0.296 e. The summed E-state index contributed by atoms with van der Waals surface area (Å²) in [7, 11) is 1.71. The van der Waals surface area contributed by atoms with E-state index in [4.69, 9.17) is 0 Å². The molecule has 7 heteroatoms. The number of aryl methyl sites for hydroxylation is 2. The normalized spacial score (nSPS) is 11.2. The van der Waals surface area contributed by atoms with E-state index < -0.39 is 5.91 Å². The summed E-state index contributed by atoms with van der Waals surface area (Å²) in [6.07, 6.45) is 0.937. The summed E-state index contributed by atoms with van der Waals surface area (Å²) in [5.41, 5.74) is 2.19. The highest BCUT2D eigenvalue weighted by Gasteiger charge is 2.18. The predicted octanol–water partition coefficient (Wildman–Crippen LogP) is 3.36. The molecule has 0 saturated carbocycles. The lowest BCUT2D eigenvalue weighted by Crippen LogP contribution is -2.26. The minimum absolute atomic E-state index is 0.139. The number of fused-ring (bicyclic) bond motifs is 2. The van der Waals surface area contributed by atoms with Gasteiger partial charge in [-0.25, -0.2) is 4.98 Å². The van der Waals surface area contributed by atoms with Gasteiger partial charge in [0, 0.05) is 12.4 Å². The molecule has 0 radical (unpaired) electrons. The minimum atomic E-state index is -0.550. The van der Waals surface area contributed by atoms with Gasteiger partial charge in [0.05, 0.1) is 15.7 Å². The van der Waals surface area contributed by atoms with E-state index >= 15 is 0 Å². The van der Waals surface area contributed by atoms with Gasteiger partial charge in [0.25, 0.3) is 5.91 Å². The fourth-order valence-corrected chi connectivity index (χ4v) is 3.80. The summed E-state index contributed by atoms with van der Waals surface area (Å²) in [5, 5.41) is 7.78. The van der Waals surface area contributed by atoms with E-state index in [0.29, 0.717) is 16.0 Å². The predicted molar refractivity (Wildman–Crippen MR) is 104 cm³/mol. The quantitative estimate of drug-likeness (QED) is 0.605. The van der Waals surface area contributed by atoms with Crippen LogP contribution in [0.2, 0.25) is 0 Å². The van der Waals surface area contributed by atoms with Crippen molar-refractivity contribution in [3.8, 4) is 0 Å². The van der Waals surface area contributed by atoms with Crippen LogP contribution in [-0.4, -0.2) is 20.7 Å². The van der Waals surface area contributed by atoms with E-state index in [2.05, 4.69) is 28.4 Å². The lowest BCUT2D eigenvalue weighted by atomic mass is 10.2. The Morgan fingerprint density at radius 3 is 2.85 bits per heavy atom. The van der Waals surface area contributed by atoms with Crippen LogP contribution in [0.15, 0.2) is 47.3 Å². The Balaban J connectivity index is 1.71. The van der Waals surface area contributed by atoms with Crippen LogP contribution in [0.5, 0.6) is 0 Å². The van der Waals surface area contributed by atoms with Crippen molar-refractivity contribution in [2.75, 3.05) is 5.32 Å². The number of nitrogens with zero attached hydrogens (tertiary/aromatic N) is 3. The Labute approximate surface area is 153 Å². The summed E-state index contributed by atoms with van der Waals surface area (Å²) in [6.45, 7) is 2.09. The van der Waals surface area contributed by atoms with Gasteiger partial charge in [-0.1, -0.05) is 36.5 Å². The van der Waals surface area contributed by atoms with E-state index in [0.717, 1.165) is 16.6 Å². The number of nitrogens with one attached hydrogen (secondary N) is 1. The van der Waals surface area contributed by atoms with Crippen LogP contribution in [0, 0.1) is 0 Å². The molecule has 4 aromatic rings. The first-order valence-corrected chi connectivity index (χ1v) is 9.05. The Hall–Kier alpha value is -3.06. The van der Waals surface area contributed by atoms with Crippen LogP contribution in [0.25, 0.3) is 21.1 Å². The first-order chi connectivity index (χ1) is 12.6. The van der Waals surface area contributed by atoms with Crippen molar-refractivity contribution in [2.24, 2.45) is 7.05 Å². The number of hydrogen-bond acceptors (Lipinski definition) is 5. The molecular weight excluding hydrogens is 348 g/mol. The van der Waals surface area contributed by atoms with Gasteiger partial charge in [0.1, 0.15) is 0 Å². The van der Waals surface area contributed by atoms with Crippen molar-refractivity contribution in [1.29, 1.82) is 0 Å². The molecule has 26 heavy (non-hydrogen) atoms. The van der Waals surface area contributed by atoms with E-state index in [-0.39, 0.29) is 11.1 Å². The van der Waals surface area contributed by atoms with E-state index in [9.17, 15) is 9.59 Å². The fourth-order valence-electron chi connectivity index (χ4n) is 2.87. The van der Waals surface area contributed by atoms with Gasteiger partial charge in [0.2, 0.25) is 5.43 Å². The third-order valence-electron chi connectivity index (χ3n) is 4.26. The summed E-state index contributed by atoms with van der Waals surface area (Å²) in [4.78, 5) is 29.6. The zero-order valence-corrected chi connectivity index (χ0v) is 15.1. The molecule has 130 valence electrons. The van der Waals surface area contributed by atoms with Crippen molar-refractivity contribution in [3.05, 3.63) is 63.9 Å². The Bertz CT molecular complexity index is 1210. The zero-order valence-electron chi connectivity index (χ0n) is 14.3. The molecule has 6 nitrogen and oxygen atoms in total. The average molecular weight is 364 g/mol. The highest BCUT2D eigenvalue weighted by molar-refractivity contribution is 7.22. The van der Waals surface area contributed by atoms with Gasteiger partial charge in [-0.15, -0.1) is 0 Å². The lowest BCUT2D eigenvalue weighted by molar-refractivity contribution is 0.101. The second-order valence-corrected chi connectivity index (χ2v) is 6.98. The summed E-state index contributed by atoms with van der Waals surface area (Å²) in [5.74, 6) is -0.550. The molecule has 0 aliphatic heterocycles. The average Bonchev–Trinajstić information content (AvgIpc) is 3.05. The van der Waals surface area contributed by atoms with Crippen LogP contribution in [0.4, 0.5) is 5.13 Å². The maximum absolute atomic E-state index is 12.6. The number of carbonyl (C=O) groups excluding carboxylic acids is 1. The number of rotatable bonds is 3. The second-order valence-electron chi connectivity index (χ2n) is 5.95. The maximum Gasteiger partial charge on any atom is 0.281 e. The molecule has 0 spiro atoms. The molecule has 4 rings (SSSR count). The Morgan fingerprint density at radius 2 is 2.04 bits per heavy atom. The summed E-state index contributed by atoms with van der Waals surface area (Å²) < 4.78 is 2.54. The monoisotopic (exact) mass is 364 g/mol. The third-order valence-corrected chi connectivity index (χ3v) is 5.19. The largest absolute Gasteiger partial charge is 0.296 e. The second kappa shape index (κ2) is 6.34. The standard InChI is InChI=1S/C19H16N4O2S/c1-3-11-8-9-13-15(10-11)26-19(20-13)21-18(25)16-17(24)12-6-4-5-7-14(12)23(2)22-16/h4-10H,3H2,1-2H3,(H,20,21,25). The molecule has 2 aromatic carbocycles. The van der Waals surface area contributed by atoms with Crippen molar-refractivity contribution in [1.82, 2.24) is 14.8 Å². The van der Waals surface area contributed by atoms with Gasteiger partial charge in [-0.3, -0.25) is 19.6 Å². The molecule has 0 unspecified atom stereocenters. The molecular formula is C19H16N4O2S. The molecule has 0 saturated heterocycles. The summed E-state index contributed by atoms with van der Waals surface area (Å²) in [6, 6.07) is 13.1. The molecule has 0 atom stereocenters. The number of benzene rings is 2. The lowest BCUT2D eigenvalue weighted by Gasteiger charge is -2.07. The SMILES string of the molecule is CCc1ccc2nc(NC(=O)c3nn(C)c4ccccc4c3=O)sc2c1. The van der Waals surface area contributed by atoms with Gasteiger partial charge in [0.15, 0.2) is 10.8 Å². The van der Waals surface area contributed by atoms with Crippen LogP contribution in [0.3, 0.4) is 0 Å². The molecule has 1 N–H and O–H groups in total. The first kappa shape index (κ1) is 16.4. The number of hydrogen-bond donors (Lipinski definition) is 1. The highest BCUT2D eigenvalue weighted by atomic mass is 32.1. The van der Waals surface area contributed by atoms with E-state index in [1.54, 1.807) is 25.2 Å². The molecule has 1 amide bonds. The molecule has 0 bridgehead atoms. The smallest absolute Gasteiger partial charge is 0.281 e. The van der Waals surface area contributed by atoms with Crippen LogP contribution in [-0.2, 0) is 13.5 Å². The highest BCUT2D eigenvalue weighted by Crippen LogP contribution is 2.27. The van der Waals surface area contributed by atoms with Crippen LogP contribution < -0.4 is 10.7 Å². The fraction of sp³-hybridized carbons (Fsp3) is 0.158. The zero-order chi connectivity index (χ0) is 18.3. The molecule has 2 aromatic heterocycles. The Morgan fingerprint density at radius 1 is 1.23 bits per heavy atom. The number of anilines is 1. The molecule has 0 aliphatic carbocycles. The van der Waals surface area contributed by atoms with Crippen molar-refractivity contribution >= 4 is 43.5 Å². The van der Waals surface area contributed by atoms with Gasteiger partial charge >= 0.3 is 0 Å². The van der Waals surface area contributed by atoms with Crippen molar-refractivity contribution in [2.45, 2.75) is 13.3 Å². The van der Waals surface area contributed by atoms with Crippen molar-refractivity contribution < 1.29 is 4.79 Å². The van der Waals surface area contributed by atoms with E-state index in [1.807, 2.05) is 18.2 Å². The topological polar surface area (TPSA) is 76.9 Å². The van der Waals surface area contributed by atoms with Gasteiger partial charge in [-0.2, -0.15) is 5.10 Å². The molecule has 0 aliphatic rings. The Kier molecular flexibility index (Phi) is 4.00. The van der Waals surface area contributed by atoms with Crippen molar-refractivity contribution in [3.63, 3.8) is 0 Å². The first-order valence-electron chi connectivity index (χ1n) is 8.23. The number of carbonyl (C=O) groups is 1. The molecule has 0 fully saturated rings. The third kappa shape index (κ3) is 2.76. The number of aromatic nitrogens is 3. The van der Waals surface area contributed by atoms with Crippen LogP contribution >= 0.6 is 11.3 Å². The van der Waals surface area contributed by atoms with Gasteiger partial charge < -0.3 is 0 Å². The van der Waals surface area contributed by atoms with Gasteiger partial charge in [-0.05, 0) is 36.2 Å². The summed E-state index contributed by atoms with van der Waals surface area (Å²) >= 11 is 1.38. The number of para-hydroxylation sites is 1. The molecule has 2 heterocycles.